The molecule has 20 heavy (non-hydrogen) atoms. The second kappa shape index (κ2) is 9.03. The summed E-state index contributed by atoms with van der Waals surface area (Å²) in [5.74, 6) is 1.56. The first kappa shape index (κ1) is 18.0. The maximum Gasteiger partial charge on any atom is 2.00 e. The fourth-order valence-electron chi connectivity index (χ4n) is 1.93. The van der Waals surface area contributed by atoms with Crippen LogP contribution in [0.2, 0.25) is 5.02 Å². The van der Waals surface area contributed by atoms with Gasteiger partial charge in [0.25, 0.3) is 0 Å². The molecule has 1 aromatic carbocycles. The summed E-state index contributed by atoms with van der Waals surface area (Å²) in [5.41, 5.74) is 1.22. The summed E-state index contributed by atoms with van der Waals surface area (Å²) in [4.78, 5) is 2.04. The number of hydrogen-bond acceptors (Lipinski definition) is 2. The van der Waals surface area contributed by atoms with E-state index in [0.29, 0.717) is 5.02 Å². The molecule has 1 aromatic rings. The molecule has 0 aliphatic heterocycles. The number of rotatable bonds is 8. The third kappa shape index (κ3) is 6.13. The van der Waals surface area contributed by atoms with Gasteiger partial charge in [0.05, 0.1) is 11.6 Å². The number of ether oxygens (including phenoxy) is 1. The van der Waals surface area contributed by atoms with Crippen LogP contribution in [0.4, 0.5) is 0 Å². The first-order valence-corrected chi connectivity index (χ1v) is 7.32. The molecule has 0 radical (unpaired) electrons. The summed E-state index contributed by atoms with van der Waals surface area (Å²) >= 11 is 6.25. The van der Waals surface area contributed by atoms with Crippen molar-refractivity contribution < 1.29 is 24.5 Å². The molecule has 1 saturated carbocycles. The van der Waals surface area contributed by atoms with E-state index in [1.807, 2.05) is 17.0 Å². The average molecular weight is 470 g/mol. The van der Waals surface area contributed by atoms with Crippen LogP contribution in [-0.2, 0) is 26.2 Å². The minimum Gasteiger partial charge on any atom is -0.492 e. The summed E-state index contributed by atoms with van der Waals surface area (Å²) in [5, 5.41) is 0.714. The smallest absolute Gasteiger partial charge is 0.492 e. The van der Waals surface area contributed by atoms with Crippen molar-refractivity contribution in [3.05, 3.63) is 42.8 Å². The van der Waals surface area contributed by atoms with Crippen molar-refractivity contribution in [2.24, 2.45) is 5.92 Å². The molecule has 0 atom stereocenters. The molecular formula is C16H22ClNOOs. The van der Waals surface area contributed by atoms with Gasteiger partial charge in [-0.3, -0.25) is 7.05 Å². The summed E-state index contributed by atoms with van der Waals surface area (Å²) in [7, 11) is 3.97. The SMILES string of the molecule is [CH2-]CCN([CH2-])CCc1ccc(OCC2CC2)c(Cl)c1.[Os+2]. The molecule has 0 bridgehead atoms. The van der Waals surface area contributed by atoms with E-state index in [-0.39, 0.29) is 19.8 Å². The first-order valence-electron chi connectivity index (χ1n) is 6.95. The topological polar surface area (TPSA) is 12.5 Å². The van der Waals surface area contributed by atoms with E-state index in [1.54, 1.807) is 0 Å². The molecular weight excluding hydrogens is 448 g/mol. The molecule has 2 rings (SSSR count). The zero-order chi connectivity index (χ0) is 13.7. The standard InChI is InChI=1S/C16H22ClNO.Os/c1-3-9-18(2)10-8-13-6-7-16(15(17)11-13)19-12-14-4-5-14;/h6-7,11,14H,1-5,8-10,12H2;/q-2;+2. The number of hydrogen-bond donors (Lipinski definition) is 0. The van der Waals surface area contributed by atoms with Gasteiger partial charge < -0.3 is 16.6 Å². The molecule has 1 fully saturated rings. The van der Waals surface area contributed by atoms with E-state index in [4.69, 9.17) is 16.3 Å². The molecule has 1 aliphatic carbocycles. The van der Waals surface area contributed by atoms with Crippen molar-refractivity contribution in [1.82, 2.24) is 4.90 Å². The van der Waals surface area contributed by atoms with Crippen LogP contribution in [0.25, 0.3) is 0 Å². The summed E-state index contributed by atoms with van der Waals surface area (Å²) in [6, 6.07) is 6.07. The maximum absolute atomic E-state index is 6.25. The molecule has 4 heteroatoms. The van der Waals surface area contributed by atoms with Gasteiger partial charge in [-0.25, -0.2) is 0 Å². The Morgan fingerprint density at radius 3 is 2.65 bits per heavy atom. The predicted octanol–water partition coefficient (Wildman–Crippen LogP) is 3.99. The third-order valence-electron chi connectivity index (χ3n) is 3.36. The Labute approximate surface area is 140 Å². The minimum atomic E-state index is 0. The van der Waals surface area contributed by atoms with Crippen molar-refractivity contribution in [3.8, 4) is 5.75 Å². The maximum atomic E-state index is 6.25. The van der Waals surface area contributed by atoms with E-state index < -0.39 is 0 Å². The number of benzene rings is 1. The van der Waals surface area contributed by atoms with Gasteiger partial charge in [0.15, 0.2) is 0 Å². The fourth-order valence-corrected chi connectivity index (χ4v) is 2.19. The van der Waals surface area contributed by atoms with E-state index in [9.17, 15) is 0 Å². The van der Waals surface area contributed by atoms with E-state index in [1.165, 1.54) is 18.4 Å². The van der Waals surface area contributed by atoms with Crippen LogP contribution in [0, 0.1) is 19.9 Å². The molecule has 0 N–H and O–H groups in total. The Morgan fingerprint density at radius 2 is 2.05 bits per heavy atom. The van der Waals surface area contributed by atoms with Crippen LogP contribution >= 0.6 is 11.6 Å². The van der Waals surface area contributed by atoms with Gasteiger partial charge in [-0.1, -0.05) is 24.2 Å². The Balaban J connectivity index is 0.00000200. The van der Waals surface area contributed by atoms with Crippen molar-refractivity contribution in [2.75, 3.05) is 19.7 Å². The molecule has 0 saturated heterocycles. The van der Waals surface area contributed by atoms with Crippen molar-refractivity contribution in [2.45, 2.75) is 25.7 Å². The summed E-state index contributed by atoms with van der Waals surface area (Å²) < 4.78 is 5.72. The van der Waals surface area contributed by atoms with Crippen LogP contribution in [0.3, 0.4) is 0 Å². The molecule has 0 heterocycles. The van der Waals surface area contributed by atoms with Crippen LogP contribution in [-0.4, -0.2) is 24.6 Å². The quantitative estimate of drug-likeness (QED) is 0.534. The van der Waals surface area contributed by atoms with Crippen molar-refractivity contribution >= 4 is 11.6 Å². The van der Waals surface area contributed by atoms with Crippen LogP contribution in [0.1, 0.15) is 24.8 Å². The number of nitrogens with zero attached hydrogens (tertiary/aromatic N) is 1. The summed E-state index contributed by atoms with van der Waals surface area (Å²) in [6.45, 7) is 6.48. The van der Waals surface area contributed by atoms with Crippen LogP contribution < -0.4 is 4.74 Å². The van der Waals surface area contributed by atoms with E-state index in [2.05, 4.69) is 20.0 Å². The van der Waals surface area contributed by atoms with E-state index in [0.717, 1.165) is 44.2 Å². The molecule has 0 spiro atoms. The van der Waals surface area contributed by atoms with Crippen LogP contribution in [0.15, 0.2) is 18.2 Å². The Bertz CT molecular complexity index is 409. The Hall–Kier alpha value is -0.0936. The normalized spacial score (nSPS) is 14.2. The zero-order valence-electron chi connectivity index (χ0n) is 11.8. The third-order valence-corrected chi connectivity index (χ3v) is 3.65. The van der Waals surface area contributed by atoms with Gasteiger partial charge in [-0.15, -0.1) is 0 Å². The molecule has 0 unspecified atom stereocenters. The average Bonchev–Trinajstić information content (AvgIpc) is 3.20. The Morgan fingerprint density at radius 1 is 1.30 bits per heavy atom. The second-order valence-corrected chi connectivity index (χ2v) is 5.65. The van der Waals surface area contributed by atoms with Crippen LogP contribution in [0.5, 0.6) is 5.75 Å². The zero-order valence-corrected chi connectivity index (χ0v) is 15.1. The van der Waals surface area contributed by atoms with Gasteiger partial charge in [-0.05, 0) is 49.4 Å². The largest absolute Gasteiger partial charge is 2.00 e. The molecule has 0 aromatic heterocycles. The van der Waals surface area contributed by atoms with Crippen molar-refractivity contribution in [1.29, 1.82) is 0 Å². The minimum absolute atomic E-state index is 0. The van der Waals surface area contributed by atoms with Gasteiger partial charge in [0.1, 0.15) is 5.75 Å². The molecule has 0 amide bonds. The summed E-state index contributed by atoms with van der Waals surface area (Å²) in [6.07, 6.45) is 4.42. The van der Waals surface area contributed by atoms with Gasteiger partial charge in [0, 0.05) is 0 Å². The van der Waals surface area contributed by atoms with Gasteiger partial charge in [-0.2, -0.15) is 6.42 Å². The predicted molar refractivity (Wildman–Crippen MR) is 80.3 cm³/mol. The number of halogens is 1. The fraction of sp³-hybridized carbons (Fsp3) is 0.500. The monoisotopic (exact) mass is 471 g/mol. The second-order valence-electron chi connectivity index (χ2n) is 5.24. The van der Waals surface area contributed by atoms with Crippen molar-refractivity contribution in [3.63, 3.8) is 0 Å². The van der Waals surface area contributed by atoms with Gasteiger partial charge in [0.2, 0.25) is 0 Å². The molecule has 1 aliphatic rings. The van der Waals surface area contributed by atoms with E-state index >= 15 is 0 Å². The Kier molecular flexibility index (Phi) is 8.11. The van der Waals surface area contributed by atoms with Gasteiger partial charge >= 0.3 is 19.8 Å². The molecule has 112 valence electrons. The first-order chi connectivity index (χ1) is 9.19. The molecule has 2 nitrogen and oxygen atoms in total.